The molecule has 0 amide bonds. The Hall–Kier alpha value is -1.86. The lowest BCUT2D eigenvalue weighted by Gasteiger charge is -2.22. The van der Waals surface area contributed by atoms with E-state index in [2.05, 4.69) is 84.6 Å². The first-order valence-electron chi connectivity index (χ1n) is 9.80. The summed E-state index contributed by atoms with van der Waals surface area (Å²) in [6, 6.07) is 21.7. The minimum atomic E-state index is 1.04. The molecule has 1 heteroatoms. The molecule has 0 atom stereocenters. The van der Waals surface area contributed by atoms with Crippen molar-refractivity contribution in [1.29, 1.82) is 0 Å². The van der Waals surface area contributed by atoms with Gasteiger partial charge in [0, 0.05) is 13.1 Å². The minimum Gasteiger partial charge on any atom is -0.295 e. The summed E-state index contributed by atoms with van der Waals surface area (Å²) in [5.74, 6) is 0. The third-order valence-corrected chi connectivity index (χ3v) is 4.58. The maximum absolute atomic E-state index is 2.59. The van der Waals surface area contributed by atoms with Crippen LogP contribution in [0.25, 0.3) is 0 Å². The predicted octanol–water partition coefficient (Wildman–Crippen LogP) is 6.61. The summed E-state index contributed by atoms with van der Waals surface area (Å²) in [7, 11) is 0. The van der Waals surface area contributed by atoms with Crippen molar-refractivity contribution < 1.29 is 0 Å². The van der Waals surface area contributed by atoms with Crippen molar-refractivity contribution in [3.63, 3.8) is 0 Å². The number of hydrogen-bond acceptors (Lipinski definition) is 1. The highest BCUT2D eigenvalue weighted by molar-refractivity contribution is 5.17. The zero-order valence-electron chi connectivity index (χ0n) is 15.7. The zero-order chi connectivity index (χ0) is 17.6. The van der Waals surface area contributed by atoms with Gasteiger partial charge in [0.25, 0.3) is 0 Å². The maximum atomic E-state index is 2.59. The van der Waals surface area contributed by atoms with Crippen molar-refractivity contribution in [2.45, 2.75) is 58.5 Å². The van der Waals surface area contributed by atoms with Gasteiger partial charge in [0.15, 0.2) is 0 Å². The van der Waals surface area contributed by atoms with Gasteiger partial charge in [-0.1, -0.05) is 92.1 Å². The van der Waals surface area contributed by atoms with Crippen LogP contribution in [0.2, 0.25) is 0 Å². The fourth-order valence-corrected chi connectivity index (χ4v) is 3.19. The van der Waals surface area contributed by atoms with Crippen molar-refractivity contribution in [3.8, 4) is 0 Å². The second-order valence-electron chi connectivity index (χ2n) is 6.81. The van der Waals surface area contributed by atoms with Crippen LogP contribution in [0, 0.1) is 0 Å². The smallest absolute Gasteiger partial charge is 0.0237 e. The van der Waals surface area contributed by atoms with Gasteiger partial charge < -0.3 is 0 Å². The van der Waals surface area contributed by atoms with Gasteiger partial charge in [-0.2, -0.15) is 0 Å². The fraction of sp³-hybridized carbons (Fsp3) is 0.417. The quantitative estimate of drug-likeness (QED) is 0.312. The number of hydrogen-bond donors (Lipinski definition) is 0. The molecule has 0 aliphatic heterocycles. The molecule has 25 heavy (non-hydrogen) atoms. The van der Waals surface area contributed by atoms with Crippen LogP contribution in [0.3, 0.4) is 0 Å². The summed E-state index contributed by atoms with van der Waals surface area (Å²) in [6.07, 6.45) is 12.4. The van der Waals surface area contributed by atoms with Crippen LogP contribution in [0.15, 0.2) is 72.8 Å². The van der Waals surface area contributed by atoms with Gasteiger partial charge in [-0.25, -0.2) is 0 Å². The highest BCUT2D eigenvalue weighted by Gasteiger charge is 2.07. The summed E-state index contributed by atoms with van der Waals surface area (Å²) in [6.45, 7) is 5.36. The van der Waals surface area contributed by atoms with E-state index in [1.165, 1.54) is 56.2 Å². The Bertz CT molecular complexity index is 532. The molecule has 0 aliphatic carbocycles. The Kier molecular flexibility index (Phi) is 9.73. The largest absolute Gasteiger partial charge is 0.295 e. The molecule has 134 valence electrons. The summed E-state index contributed by atoms with van der Waals surface area (Å²) >= 11 is 0. The molecule has 2 aromatic rings. The van der Waals surface area contributed by atoms with E-state index in [1.54, 1.807) is 0 Å². The Labute approximate surface area is 154 Å². The Morgan fingerprint density at radius 2 is 1.20 bits per heavy atom. The van der Waals surface area contributed by atoms with E-state index < -0.39 is 0 Å². The lowest BCUT2D eigenvalue weighted by molar-refractivity contribution is 0.250. The van der Waals surface area contributed by atoms with Crippen molar-refractivity contribution in [2.75, 3.05) is 6.54 Å². The summed E-state index contributed by atoms with van der Waals surface area (Å²) in [4.78, 5) is 2.59. The molecule has 0 N–H and O–H groups in total. The van der Waals surface area contributed by atoms with Crippen molar-refractivity contribution >= 4 is 0 Å². The van der Waals surface area contributed by atoms with Crippen LogP contribution in [0.5, 0.6) is 0 Å². The van der Waals surface area contributed by atoms with E-state index in [1.807, 2.05) is 0 Å². The van der Waals surface area contributed by atoms with Gasteiger partial charge in [0.1, 0.15) is 0 Å². The zero-order valence-corrected chi connectivity index (χ0v) is 15.7. The molecule has 0 spiro atoms. The molecule has 0 fully saturated rings. The number of benzene rings is 2. The second kappa shape index (κ2) is 12.5. The van der Waals surface area contributed by atoms with Gasteiger partial charge >= 0.3 is 0 Å². The van der Waals surface area contributed by atoms with Crippen molar-refractivity contribution in [3.05, 3.63) is 83.9 Å². The van der Waals surface area contributed by atoms with Gasteiger partial charge in [-0.05, 0) is 43.9 Å². The van der Waals surface area contributed by atoms with Crippen LogP contribution in [0.4, 0.5) is 0 Å². The SMILES string of the molecule is C/C=C/CCCCCCCN(Cc1ccccc1)Cc1ccccc1. The van der Waals surface area contributed by atoms with E-state index in [0.29, 0.717) is 0 Å². The first kappa shape index (κ1) is 19.5. The fourth-order valence-electron chi connectivity index (χ4n) is 3.19. The molecule has 0 aliphatic rings. The standard InChI is InChI=1S/C24H33N/c1-2-3-4-5-6-7-8-15-20-25(21-23-16-11-9-12-17-23)22-24-18-13-10-14-19-24/h2-3,9-14,16-19H,4-8,15,20-22H2,1H3/b3-2+. The second-order valence-corrected chi connectivity index (χ2v) is 6.81. The summed E-state index contributed by atoms with van der Waals surface area (Å²) < 4.78 is 0. The molecule has 0 saturated carbocycles. The molecule has 2 aromatic carbocycles. The first-order valence-corrected chi connectivity index (χ1v) is 9.80. The van der Waals surface area contributed by atoms with Crippen molar-refractivity contribution in [1.82, 2.24) is 4.90 Å². The number of rotatable bonds is 12. The molecule has 0 heterocycles. The topological polar surface area (TPSA) is 3.24 Å². The van der Waals surface area contributed by atoms with Gasteiger partial charge in [-0.3, -0.25) is 4.90 Å². The van der Waals surface area contributed by atoms with Crippen LogP contribution in [-0.2, 0) is 13.1 Å². The highest BCUT2D eigenvalue weighted by Crippen LogP contribution is 2.13. The predicted molar refractivity (Wildman–Crippen MR) is 110 cm³/mol. The van der Waals surface area contributed by atoms with E-state index in [-0.39, 0.29) is 0 Å². The maximum Gasteiger partial charge on any atom is 0.0237 e. The van der Waals surface area contributed by atoms with Crippen molar-refractivity contribution in [2.24, 2.45) is 0 Å². The normalized spacial score (nSPS) is 11.4. The van der Waals surface area contributed by atoms with Crippen LogP contribution in [0.1, 0.15) is 56.6 Å². The lowest BCUT2D eigenvalue weighted by Crippen LogP contribution is -2.24. The molecule has 1 nitrogen and oxygen atoms in total. The number of allylic oxidation sites excluding steroid dienone is 2. The average Bonchev–Trinajstić information content (AvgIpc) is 2.65. The summed E-state index contributed by atoms with van der Waals surface area (Å²) in [5, 5.41) is 0. The van der Waals surface area contributed by atoms with E-state index >= 15 is 0 Å². The highest BCUT2D eigenvalue weighted by atomic mass is 15.1. The first-order chi connectivity index (χ1) is 12.4. The molecule has 0 aromatic heterocycles. The molecule has 2 rings (SSSR count). The Morgan fingerprint density at radius 1 is 0.680 bits per heavy atom. The van der Waals surface area contributed by atoms with Gasteiger partial charge in [-0.15, -0.1) is 0 Å². The molecule has 0 bridgehead atoms. The third kappa shape index (κ3) is 8.69. The van der Waals surface area contributed by atoms with E-state index in [4.69, 9.17) is 0 Å². The monoisotopic (exact) mass is 335 g/mol. The van der Waals surface area contributed by atoms with Gasteiger partial charge in [0.2, 0.25) is 0 Å². The van der Waals surface area contributed by atoms with Gasteiger partial charge in [0.05, 0.1) is 0 Å². The average molecular weight is 336 g/mol. The molecule has 0 radical (unpaired) electrons. The molecule has 0 unspecified atom stereocenters. The van der Waals surface area contributed by atoms with Crippen LogP contribution in [-0.4, -0.2) is 11.4 Å². The number of nitrogens with zero attached hydrogens (tertiary/aromatic N) is 1. The molecular weight excluding hydrogens is 302 g/mol. The third-order valence-electron chi connectivity index (χ3n) is 4.58. The number of unbranched alkanes of at least 4 members (excludes halogenated alkanes) is 5. The Morgan fingerprint density at radius 3 is 1.76 bits per heavy atom. The Balaban J connectivity index is 1.76. The van der Waals surface area contributed by atoms with Crippen LogP contribution < -0.4 is 0 Å². The van der Waals surface area contributed by atoms with E-state index in [0.717, 1.165) is 13.1 Å². The molecular formula is C24H33N. The lowest BCUT2D eigenvalue weighted by atomic mass is 10.1. The summed E-state index contributed by atoms with van der Waals surface area (Å²) in [5.41, 5.74) is 2.81. The van der Waals surface area contributed by atoms with Crippen LogP contribution >= 0.6 is 0 Å². The minimum absolute atomic E-state index is 1.04. The molecule has 0 saturated heterocycles. The van der Waals surface area contributed by atoms with E-state index in [9.17, 15) is 0 Å².